The number of aliphatic hydroxyl groups excluding tert-OH is 1. The molecule has 4 nitrogen and oxygen atoms in total. The van der Waals surface area contributed by atoms with Crippen molar-refractivity contribution in [2.75, 3.05) is 12.4 Å². The Morgan fingerprint density at radius 1 is 1.64 bits per heavy atom. The summed E-state index contributed by atoms with van der Waals surface area (Å²) in [5.41, 5.74) is -0.177. The third-order valence-corrected chi connectivity index (χ3v) is 2.36. The van der Waals surface area contributed by atoms with Crippen LogP contribution in [0.15, 0.2) is 17.3 Å². The molecule has 1 heterocycles. The molecule has 0 aromatic carbocycles. The van der Waals surface area contributed by atoms with Crippen molar-refractivity contribution in [2.24, 2.45) is 0 Å². The van der Waals surface area contributed by atoms with Crippen molar-refractivity contribution in [3.05, 3.63) is 23.6 Å². The SMILES string of the molecule is O=C(O)c1cc(F)cnc1SCCO. The van der Waals surface area contributed by atoms with Gasteiger partial charge in [-0.2, -0.15) is 0 Å². The van der Waals surface area contributed by atoms with E-state index in [1.807, 2.05) is 0 Å². The fraction of sp³-hybridized carbons (Fsp3) is 0.250. The third kappa shape index (κ3) is 2.68. The first-order chi connectivity index (χ1) is 6.65. The molecule has 1 aromatic rings. The van der Waals surface area contributed by atoms with E-state index in [4.69, 9.17) is 10.2 Å². The molecule has 2 N–H and O–H groups in total. The Morgan fingerprint density at radius 3 is 2.93 bits per heavy atom. The second-order valence-corrected chi connectivity index (χ2v) is 3.47. The van der Waals surface area contributed by atoms with Crippen LogP contribution in [0.5, 0.6) is 0 Å². The number of halogens is 1. The van der Waals surface area contributed by atoms with E-state index in [2.05, 4.69) is 4.98 Å². The summed E-state index contributed by atoms with van der Waals surface area (Å²) in [6.07, 6.45) is 0.951. The molecule has 14 heavy (non-hydrogen) atoms. The molecule has 6 heteroatoms. The van der Waals surface area contributed by atoms with E-state index in [1.54, 1.807) is 0 Å². The summed E-state index contributed by atoms with van der Waals surface area (Å²) in [5.74, 6) is -1.58. The number of aromatic nitrogens is 1. The van der Waals surface area contributed by atoms with Gasteiger partial charge in [-0.3, -0.25) is 0 Å². The smallest absolute Gasteiger partial charge is 0.338 e. The maximum Gasteiger partial charge on any atom is 0.338 e. The van der Waals surface area contributed by atoms with Crippen molar-refractivity contribution < 1.29 is 19.4 Å². The van der Waals surface area contributed by atoms with Gasteiger partial charge < -0.3 is 10.2 Å². The number of rotatable bonds is 4. The number of aliphatic hydroxyl groups is 1. The summed E-state index contributed by atoms with van der Waals surface area (Å²) in [5, 5.41) is 17.5. The van der Waals surface area contributed by atoms with Crippen LogP contribution in [0.3, 0.4) is 0 Å². The summed E-state index contributed by atoms with van der Waals surface area (Å²) in [6, 6.07) is 0.912. The maximum atomic E-state index is 12.6. The van der Waals surface area contributed by atoms with Crippen LogP contribution in [-0.2, 0) is 0 Å². The van der Waals surface area contributed by atoms with Gasteiger partial charge in [0.2, 0.25) is 0 Å². The van der Waals surface area contributed by atoms with E-state index in [0.29, 0.717) is 5.75 Å². The Labute approximate surface area is 83.8 Å². The van der Waals surface area contributed by atoms with E-state index in [1.165, 1.54) is 0 Å². The van der Waals surface area contributed by atoms with Crippen LogP contribution >= 0.6 is 11.8 Å². The zero-order chi connectivity index (χ0) is 10.6. The summed E-state index contributed by atoms with van der Waals surface area (Å²) in [4.78, 5) is 14.3. The largest absolute Gasteiger partial charge is 0.478 e. The highest BCUT2D eigenvalue weighted by atomic mass is 32.2. The van der Waals surface area contributed by atoms with Gasteiger partial charge in [0, 0.05) is 5.75 Å². The number of aromatic carboxylic acids is 1. The Kier molecular flexibility index (Phi) is 3.84. The lowest BCUT2D eigenvalue weighted by Crippen LogP contribution is -2.02. The number of nitrogens with zero attached hydrogens (tertiary/aromatic N) is 1. The van der Waals surface area contributed by atoms with Crippen molar-refractivity contribution in [1.29, 1.82) is 0 Å². The van der Waals surface area contributed by atoms with Gasteiger partial charge in [-0.1, -0.05) is 0 Å². The van der Waals surface area contributed by atoms with Gasteiger partial charge in [-0.05, 0) is 6.07 Å². The molecule has 0 unspecified atom stereocenters. The van der Waals surface area contributed by atoms with Crippen LogP contribution < -0.4 is 0 Å². The minimum atomic E-state index is -1.22. The average Bonchev–Trinajstić information content (AvgIpc) is 2.15. The van der Waals surface area contributed by atoms with Gasteiger partial charge >= 0.3 is 5.97 Å². The Bertz CT molecular complexity index is 345. The Hall–Kier alpha value is -1.14. The summed E-state index contributed by atoms with van der Waals surface area (Å²) in [6.45, 7) is -0.0806. The molecule has 0 bridgehead atoms. The normalized spacial score (nSPS) is 10.1. The lowest BCUT2D eigenvalue weighted by molar-refractivity contribution is 0.0691. The van der Waals surface area contributed by atoms with Crippen LogP contribution in [0.1, 0.15) is 10.4 Å². The van der Waals surface area contributed by atoms with E-state index in [0.717, 1.165) is 24.0 Å². The zero-order valence-corrected chi connectivity index (χ0v) is 7.92. The number of pyridine rings is 1. The molecule has 0 aliphatic carbocycles. The lowest BCUT2D eigenvalue weighted by atomic mass is 10.3. The number of hydrogen-bond acceptors (Lipinski definition) is 4. The van der Waals surface area contributed by atoms with Gasteiger partial charge in [-0.25, -0.2) is 14.2 Å². The molecule has 0 aliphatic heterocycles. The molecule has 1 rings (SSSR count). The minimum absolute atomic E-state index is 0.0806. The standard InChI is InChI=1S/C8H8FNO3S/c9-5-3-6(8(12)13)7(10-4-5)14-2-1-11/h3-4,11H,1-2H2,(H,12,13). The average molecular weight is 217 g/mol. The predicted molar refractivity (Wildman–Crippen MR) is 49.0 cm³/mol. The Balaban J connectivity index is 2.96. The number of carboxylic acid groups (broad SMARTS) is 1. The fourth-order valence-electron chi connectivity index (χ4n) is 0.837. The molecule has 1 aromatic heterocycles. The first-order valence-corrected chi connectivity index (χ1v) is 4.76. The summed E-state index contributed by atoms with van der Waals surface area (Å²) in [7, 11) is 0. The van der Waals surface area contributed by atoms with Crippen molar-refractivity contribution >= 4 is 17.7 Å². The van der Waals surface area contributed by atoms with Crippen molar-refractivity contribution in [2.45, 2.75) is 5.03 Å². The highest BCUT2D eigenvalue weighted by molar-refractivity contribution is 7.99. The maximum absolute atomic E-state index is 12.6. The molecule has 0 amide bonds. The second kappa shape index (κ2) is 4.92. The summed E-state index contributed by atoms with van der Waals surface area (Å²) >= 11 is 1.08. The van der Waals surface area contributed by atoms with E-state index >= 15 is 0 Å². The number of carboxylic acids is 1. The van der Waals surface area contributed by atoms with Crippen molar-refractivity contribution in [3.8, 4) is 0 Å². The van der Waals surface area contributed by atoms with Crippen molar-refractivity contribution in [1.82, 2.24) is 4.98 Å². The fourth-order valence-corrected chi connectivity index (χ4v) is 1.55. The molecule has 0 saturated carbocycles. The third-order valence-electron chi connectivity index (χ3n) is 1.38. The zero-order valence-electron chi connectivity index (χ0n) is 7.11. The van der Waals surface area contributed by atoms with E-state index in [-0.39, 0.29) is 17.2 Å². The molecular formula is C8H8FNO3S. The minimum Gasteiger partial charge on any atom is -0.478 e. The topological polar surface area (TPSA) is 70.4 Å². The number of thioether (sulfide) groups is 1. The summed E-state index contributed by atoms with van der Waals surface area (Å²) < 4.78 is 12.6. The van der Waals surface area contributed by atoms with Crippen LogP contribution in [-0.4, -0.2) is 33.5 Å². The highest BCUT2D eigenvalue weighted by Crippen LogP contribution is 2.20. The van der Waals surface area contributed by atoms with Crippen LogP contribution in [0.2, 0.25) is 0 Å². The van der Waals surface area contributed by atoms with Gasteiger partial charge in [0.05, 0.1) is 18.4 Å². The molecule has 0 saturated heterocycles. The molecular weight excluding hydrogens is 209 g/mol. The van der Waals surface area contributed by atoms with Gasteiger partial charge in [0.15, 0.2) is 0 Å². The molecule has 76 valence electrons. The van der Waals surface area contributed by atoms with Gasteiger partial charge in [0.1, 0.15) is 10.8 Å². The monoisotopic (exact) mass is 217 g/mol. The van der Waals surface area contributed by atoms with Gasteiger partial charge in [-0.15, -0.1) is 11.8 Å². The van der Waals surface area contributed by atoms with Gasteiger partial charge in [0.25, 0.3) is 0 Å². The molecule has 0 fully saturated rings. The second-order valence-electron chi connectivity index (χ2n) is 2.38. The predicted octanol–water partition coefficient (Wildman–Crippen LogP) is 1.00. The highest BCUT2D eigenvalue weighted by Gasteiger charge is 2.12. The molecule has 0 aliphatic rings. The van der Waals surface area contributed by atoms with E-state index in [9.17, 15) is 9.18 Å². The molecule has 0 spiro atoms. The van der Waals surface area contributed by atoms with Crippen LogP contribution in [0.4, 0.5) is 4.39 Å². The van der Waals surface area contributed by atoms with E-state index < -0.39 is 11.8 Å². The molecule has 0 radical (unpaired) electrons. The number of hydrogen-bond donors (Lipinski definition) is 2. The first-order valence-electron chi connectivity index (χ1n) is 3.77. The first kappa shape index (κ1) is 10.9. The molecule has 0 atom stereocenters. The number of carbonyl (C=O) groups is 1. The quantitative estimate of drug-likeness (QED) is 0.736. The van der Waals surface area contributed by atoms with Crippen LogP contribution in [0.25, 0.3) is 0 Å². The van der Waals surface area contributed by atoms with Crippen LogP contribution in [0, 0.1) is 5.82 Å². The van der Waals surface area contributed by atoms with Crippen molar-refractivity contribution in [3.63, 3.8) is 0 Å². The Morgan fingerprint density at radius 2 is 2.36 bits per heavy atom. The lowest BCUT2D eigenvalue weighted by Gasteiger charge is -2.02.